The average molecular weight is 424 g/mol. The molecule has 7 nitrogen and oxygen atoms in total. The van der Waals surface area contributed by atoms with E-state index < -0.39 is 17.8 Å². The maximum atomic E-state index is 13.9. The van der Waals surface area contributed by atoms with E-state index in [1.165, 1.54) is 31.4 Å². The van der Waals surface area contributed by atoms with E-state index in [9.17, 15) is 14.3 Å². The summed E-state index contributed by atoms with van der Waals surface area (Å²) in [6, 6.07) is 7.58. The molecule has 0 bridgehead atoms. The van der Waals surface area contributed by atoms with Crippen LogP contribution in [0.2, 0.25) is 5.02 Å². The third-order valence-electron chi connectivity index (χ3n) is 4.55. The predicted molar refractivity (Wildman–Crippen MR) is 106 cm³/mol. The molecule has 1 fully saturated rings. The molecule has 2 atom stereocenters. The van der Waals surface area contributed by atoms with Crippen LogP contribution in [0.3, 0.4) is 0 Å². The van der Waals surface area contributed by atoms with Gasteiger partial charge in [0, 0.05) is 38.9 Å². The normalized spacial score (nSPS) is 17.7. The number of aliphatic hydroxyl groups is 1. The lowest BCUT2D eigenvalue weighted by molar-refractivity contribution is 0.0705. The van der Waals surface area contributed by atoms with E-state index in [-0.39, 0.29) is 24.0 Å². The van der Waals surface area contributed by atoms with Crippen molar-refractivity contribution in [3.63, 3.8) is 0 Å². The number of rotatable bonds is 8. The molecule has 1 aliphatic heterocycles. The summed E-state index contributed by atoms with van der Waals surface area (Å²) in [7, 11) is 1.42. The number of benzene rings is 1. The number of nitrogens with one attached hydrogen (secondary N) is 1. The molecule has 0 radical (unpaired) electrons. The van der Waals surface area contributed by atoms with Gasteiger partial charge in [0.2, 0.25) is 5.88 Å². The van der Waals surface area contributed by atoms with E-state index in [0.29, 0.717) is 24.0 Å². The van der Waals surface area contributed by atoms with E-state index in [1.54, 1.807) is 12.1 Å². The number of halogens is 2. The van der Waals surface area contributed by atoms with Crippen LogP contribution in [-0.4, -0.2) is 66.4 Å². The molecular formula is C20H23ClFN3O4. The highest BCUT2D eigenvalue weighted by atomic mass is 35.5. The maximum Gasteiger partial charge on any atom is 0.257 e. The van der Waals surface area contributed by atoms with Gasteiger partial charge in [-0.15, -0.1) is 0 Å². The van der Waals surface area contributed by atoms with E-state index in [0.717, 1.165) is 13.0 Å². The lowest BCUT2D eigenvalue weighted by Gasteiger charge is -2.21. The average Bonchev–Trinajstić information content (AvgIpc) is 3.14. The Morgan fingerprint density at radius 3 is 3.00 bits per heavy atom. The highest BCUT2D eigenvalue weighted by Gasteiger charge is 2.26. The van der Waals surface area contributed by atoms with Gasteiger partial charge in [-0.05, 0) is 24.6 Å². The van der Waals surface area contributed by atoms with E-state index in [2.05, 4.69) is 15.2 Å². The number of aliphatic hydroxyl groups excluding tert-OH is 1. The van der Waals surface area contributed by atoms with Crippen molar-refractivity contribution < 1.29 is 23.8 Å². The van der Waals surface area contributed by atoms with Gasteiger partial charge in [-0.3, -0.25) is 9.69 Å². The Labute approximate surface area is 173 Å². The molecule has 0 aliphatic carbocycles. The summed E-state index contributed by atoms with van der Waals surface area (Å²) in [5.41, 5.74) is -0.174. The minimum atomic E-state index is -0.803. The summed E-state index contributed by atoms with van der Waals surface area (Å²) in [5.74, 6) is -0.646. The van der Waals surface area contributed by atoms with Gasteiger partial charge in [0.05, 0.1) is 5.02 Å². The van der Waals surface area contributed by atoms with Crippen molar-refractivity contribution in [2.24, 2.45) is 0 Å². The molecule has 2 heterocycles. The van der Waals surface area contributed by atoms with Gasteiger partial charge >= 0.3 is 0 Å². The molecule has 1 aromatic carbocycles. The second kappa shape index (κ2) is 9.87. The Morgan fingerprint density at radius 2 is 2.28 bits per heavy atom. The lowest BCUT2D eigenvalue weighted by atomic mass is 10.1. The minimum absolute atomic E-state index is 0.0279. The van der Waals surface area contributed by atoms with Crippen molar-refractivity contribution in [3.05, 3.63) is 52.9 Å². The van der Waals surface area contributed by atoms with Gasteiger partial charge in [0.25, 0.3) is 5.91 Å². The number of hydrogen-bond donors (Lipinski definition) is 2. The Balaban J connectivity index is 1.48. The fourth-order valence-electron chi connectivity index (χ4n) is 3.17. The van der Waals surface area contributed by atoms with Gasteiger partial charge in [0.15, 0.2) is 0 Å². The molecule has 9 heteroatoms. The van der Waals surface area contributed by atoms with Crippen LogP contribution in [0.5, 0.6) is 11.6 Å². The first-order valence-electron chi connectivity index (χ1n) is 9.28. The summed E-state index contributed by atoms with van der Waals surface area (Å²) < 4.78 is 25.3. The van der Waals surface area contributed by atoms with Crippen molar-refractivity contribution in [2.45, 2.75) is 18.6 Å². The summed E-state index contributed by atoms with van der Waals surface area (Å²) in [5, 5.41) is 13.2. The first kappa shape index (κ1) is 21.3. The van der Waals surface area contributed by atoms with Crippen molar-refractivity contribution in [1.29, 1.82) is 0 Å². The zero-order chi connectivity index (χ0) is 20.8. The monoisotopic (exact) mass is 423 g/mol. The van der Waals surface area contributed by atoms with Crippen LogP contribution in [0.25, 0.3) is 0 Å². The first-order valence-corrected chi connectivity index (χ1v) is 9.66. The maximum absolute atomic E-state index is 13.9. The third kappa shape index (κ3) is 5.79. The molecule has 1 aromatic heterocycles. The Kier molecular flexibility index (Phi) is 7.24. The summed E-state index contributed by atoms with van der Waals surface area (Å²) in [4.78, 5) is 18.0. The molecule has 1 amide bonds. The molecular weight excluding hydrogens is 401 g/mol. The van der Waals surface area contributed by atoms with E-state index >= 15 is 0 Å². The van der Waals surface area contributed by atoms with Gasteiger partial charge in [-0.1, -0.05) is 17.7 Å². The number of pyridine rings is 1. The number of carbonyl (C=O) groups excluding carboxylic acids is 1. The van der Waals surface area contributed by atoms with Crippen molar-refractivity contribution in [3.8, 4) is 11.6 Å². The zero-order valence-corrected chi connectivity index (χ0v) is 16.7. The number of nitrogens with zero attached hydrogens (tertiary/aromatic N) is 2. The number of ether oxygens (including phenoxy) is 2. The zero-order valence-electron chi connectivity index (χ0n) is 16.0. The highest BCUT2D eigenvalue weighted by molar-refractivity contribution is 6.30. The van der Waals surface area contributed by atoms with E-state index in [1.807, 2.05) is 0 Å². The molecule has 29 heavy (non-hydrogen) atoms. The highest BCUT2D eigenvalue weighted by Crippen LogP contribution is 2.22. The Morgan fingerprint density at radius 1 is 1.45 bits per heavy atom. The number of likely N-dealkylation sites (tertiary alicyclic amines) is 1. The largest absolute Gasteiger partial charge is 0.490 e. The molecule has 2 unspecified atom stereocenters. The van der Waals surface area contributed by atoms with Crippen LogP contribution in [0.15, 0.2) is 36.5 Å². The summed E-state index contributed by atoms with van der Waals surface area (Å²) in [6.45, 7) is 1.72. The second-order valence-electron chi connectivity index (χ2n) is 6.76. The Bertz CT molecular complexity index is 837. The van der Waals surface area contributed by atoms with Gasteiger partial charge in [0.1, 0.15) is 35.9 Å². The van der Waals surface area contributed by atoms with E-state index in [4.69, 9.17) is 21.1 Å². The van der Waals surface area contributed by atoms with Crippen LogP contribution >= 0.6 is 11.6 Å². The van der Waals surface area contributed by atoms with Crippen LogP contribution in [0.4, 0.5) is 4.39 Å². The minimum Gasteiger partial charge on any atom is -0.490 e. The van der Waals surface area contributed by atoms with Gasteiger partial charge in [-0.2, -0.15) is 0 Å². The fourth-order valence-corrected chi connectivity index (χ4v) is 3.28. The molecule has 156 valence electrons. The second-order valence-corrected chi connectivity index (χ2v) is 7.20. The number of β-amino-alcohol motifs (C(OH)–C–C–N with tert-alkyl or cyclic N) is 1. The van der Waals surface area contributed by atoms with Gasteiger partial charge in [-0.25, -0.2) is 9.37 Å². The molecule has 0 spiro atoms. The van der Waals surface area contributed by atoms with Crippen molar-refractivity contribution >= 4 is 17.5 Å². The van der Waals surface area contributed by atoms with Crippen molar-refractivity contribution in [2.75, 3.05) is 33.3 Å². The molecule has 2 aromatic rings. The fraction of sp³-hybridized carbons (Fsp3) is 0.400. The smallest absolute Gasteiger partial charge is 0.257 e. The van der Waals surface area contributed by atoms with Crippen LogP contribution in [0, 0.1) is 5.82 Å². The third-order valence-corrected chi connectivity index (χ3v) is 4.77. The number of amides is 1. The summed E-state index contributed by atoms with van der Waals surface area (Å²) in [6.07, 6.45) is 1.51. The van der Waals surface area contributed by atoms with Crippen LogP contribution in [-0.2, 0) is 0 Å². The number of carbonyl (C=O) groups is 1. The topological polar surface area (TPSA) is 83.9 Å². The van der Waals surface area contributed by atoms with Crippen molar-refractivity contribution in [1.82, 2.24) is 15.2 Å². The molecule has 1 saturated heterocycles. The quantitative estimate of drug-likeness (QED) is 0.676. The number of aromatic nitrogens is 1. The van der Waals surface area contributed by atoms with Crippen LogP contribution in [0.1, 0.15) is 16.8 Å². The standard InChI is InChI=1S/C20H23ClFN3O4/c1-23-20(27)19-16(22)3-2-4-17(19)28-12-14(26)10-25-8-7-15(11-25)29-18-6-5-13(21)9-24-18/h2-6,9,14-15,26H,7-8,10-12H2,1H3,(H,23,27). The van der Waals surface area contributed by atoms with Gasteiger partial charge < -0.3 is 19.9 Å². The first-order chi connectivity index (χ1) is 14.0. The lowest BCUT2D eigenvalue weighted by Crippen LogP contribution is -2.35. The predicted octanol–water partition coefficient (Wildman–Crippen LogP) is 2.13. The SMILES string of the molecule is CNC(=O)c1c(F)cccc1OCC(O)CN1CCC(Oc2ccc(Cl)cn2)C1. The Hall–Kier alpha value is -2.42. The molecule has 1 aliphatic rings. The summed E-state index contributed by atoms with van der Waals surface area (Å²) >= 11 is 5.82. The molecule has 3 rings (SSSR count). The number of hydrogen-bond acceptors (Lipinski definition) is 6. The van der Waals surface area contributed by atoms with Crippen LogP contribution < -0.4 is 14.8 Å². The molecule has 0 saturated carbocycles. The molecule has 2 N–H and O–H groups in total.